The average Bonchev–Trinajstić information content (AvgIpc) is 2.90. The first-order valence-electron chi connectivity index (χ1n) is 7.55. The van der Waals surface area contributed by atoms with Gasteiger partial charge in [-0.3, -0.25) is 0 Å². The summed E-state index contributed by atoms with van der Waals surface area (Å²) in [7, 11) is 0. The maximum atomic E-state index is 5.58. The molecule has 0 radical (unpaired) electrons. The Kier molecular flexibility index (Phi) is 5.85. The molecule has 2 fully saturated rings. The van der Waals surface area contributed by atoms with Crippen LogP contribution in [0, 0.1) is 0 Å². The molecule has 2 aliphatic heterocycles. The zero-order chi connectivity index (χ0) is 13.7. The molecule has 2 N–H and O–H groups in total. The fraction of sp³-hybridized carbons (Fsp3) is 0.929. The van der Waals surface area contributed by atoms with E-state index in [1.54, 1.807) is 0 Å². The van der Waals surface area contributed by atoms with Crippen molar-refractivity contribution in [3.63, 3.8) is 0 Å². The summed E-state index contributed by atoms with van der Waals surface area (Å²) in [4.78, 5) is 2.53. The molecule has 5 heteroatoms. The number of piperidine rings is 1. The SMILES string of the molecule is CC(C)N1CCC(NC(=S)NCC2CCCO2)CC1. The molecule has 2 heterocycles. The molecule has 0 aromatic rings. The van der Waals surface area contributed by atoms with Crippen molar-refractivity contribution in [1.29, 1.82) is 0 Å². The molecule has 0 saturated carbocycles. The number of hydrogen-bond acceptors (Lipinski definition) is 3. The van der Waals surface area contributed by atoms with E-state index < -0.39 is 0 Å². The van der Waals surface area contributed by atoms with Crippen LogP contribution < -0.4 is 10.6 Å². The van der Waals surface area contributed by atoms with Crippen molar-refractivity contribution < 1.29 is 4.74 Å². The van der Waals surface area contributed by atoms with Gasteiger partial charge in [-0.15, -0.1) is 0 Å². The van der Waals surface area contributed by atoms with E-state index in [1.165, 1.54) is 32.4 Å². The maximum Gasteiger partial charge on any atom is 0.166 e. The summed E-state index contributed by atoms with van der Waals surface area (Å²) in [6.45, 7) is 8.62. The van der Waals surface area contributed by atoms with Crippen molar-refractivity contribution in [3.8, 4) is 0 Å². The number of likely N-dealkylation sites (tertiary alicyclic amines) is 1. The van der Waals surface area contributed by atoms with Crippen LogP contribution in [0.25, 0.3) is 0 Å². The molecule has 0 bridgehead atoms. The second-order valence-electron chi connectivity index (χ2n) is 5.89. The van der Waals surface area contributed by atoms with Crippen LogP contribution in [0.3, 0.4) is 0 Å². The standard InChI is InChI=1S/C14H27N3OS/c1-11(2)17-7-5-12(6-8-17)16-14(19)15-10-13-4-3-9-18-13/h11-13H,3-10H2,1-2H3,(H2,15,16,19). The summed E-state index contributed by atoms with van der Waals surface area (Å²) in [5, 5.41) is 7.52. The minimum atomic E-state index is 0.350. The van der Waals surface area contributed by atoms with Crippen molar-refractivity contribution in [2.45, 2.75) is 57.7 Å². The molecule has 2 saturated heterocycles. The number of rotatable bonds is 4. The molecule has 1 atom stereocenters. The van der Waals surface area contributed by atoms with Crippen LogP contribution in [0.15, 0.2) is 0 Å². The molecule has 1 unspecified atom stereocenters. The summed E-state index contributed by atoms with van der Waals surface area (Å²) >= 11 is 5.36. The average molecular weight is 285 g/mol. The molecular weight excluding hydrogens is 258 g/mol. The molecule has 0 aliphatic carbocycles. The Labute approximate surface area is 122 Å². The molecular formula is C14H27N3OS. The van der Waals surface area contributed by atoms with Gasteiger partial charge in [0.2, 0.25) is 0 Å². The van der Waals surface area contributed by atoms with Gasteiger partial charge in [-0.1, -0.05) is 0 Å². The zero-order valence-corrected chi connectivity index (χ0v) is 13.0. The van der Waals surface area contributed by atoms with Crippen LogP contribution in [0.2, 0.25) is 0 Å². The van der Waals surface area contributed by atoms with E-state index in [2.05, 4.69) is 29.4 Å². The van der Waals surface area contributed by atoms with Crippen LogP contribution in [0.5, 0.6) is 0 Å². The minimum absolute atomic E-state index is 0.350. The van der Waals surface area contributed by atoms with Gasteiger partial charge in [0, 0.05) is 38.3 Å². The predicted octanol–water partition coefficient (Wildman–Crippen LogP) is 1.50. The van der Waals surface area contributed by atoms with E-state index in [1.807, 2.05) is 0 Å². The molecule has 110 valence electrons. The van der Waals surface area contributed by atoms with Gasteiger partial charge in [0.25, 0.3) is 0 Å². The Morgan fingerprint density at radius 3 is 2.63 bits per heavy atom. The van der Waals surface area contributed by atoms with Gasteiger partial charge in [-0.05, 0) is 51.7 Å². The lowest BCUT2D eigenvalue weighted by Crippen LogP contribution is -2.49. The van der Waals surface area contributed by atoms with Crippen LogP contribution in [0.1, 0.15) is 39.5 Å². The predicted molar refractivity (Wildman–Crippen MR) is 82.4 cm³/mol. The monoisotopic (exact) mass is 285 g/mol. The number of nitrogens with one attached hydrogen (secondary N) is 2. The molecule has 0 amide bonds. The van der Waals surface area contributed by atoms with Crippen LogP contribution in [-0.4, -0.2) is 54.4 Å². The summed E-state index contributed by atoms with van der Waals surface area (Å²) in [5.41, 5.74) is 0. The van der Waals surface area contributed by atoms with Gasteiger partial charge in [0.1, 0.15) is 0 Å². The summed E-state index contributed by atoms with van der Waals surface area (Å²) < 4.78 is 5.58. The highest BCUT2D eigenvalue weighted by Crippen LogP contribution is 2.13. The Bertz CT molecular complexity index is 284. The largest absolute Gasteiger partial charge is 0.376 e. The number of hydrogen-bond donors (Lipinski definition) is 2. The van der Waals surface area contributed by atoms with Crippen LogP contribution in [-0.2, 0) is 4.74 Å². The molecule has 0 spiro atoms. The lowest BCUT2D eigenvalue weighted by Gasteiger charge is -2.35. The summed E-state index contributed by atoms with van der Waals surface area (Å²) in [5.74, 6) is 0. The normalized spacial score (nSPS) is 25.7. The zero-order valence-electron chi connectivity index (χ0n) is 12.2. The highest BCUT2D eigenvalue weighted by atomic mass is 32.1. The third-order valence-electron chi connectivity index (χ3n) is 4.11. The van der Waals surface area contributed by atoms with Crippen LogP contribution in [0.4, 0.5) is 0 Å². The molecule has 4 nitrogen and oxygen atoms in total. The van der Waals surface area contributed by atoms with E-state index in [-0.39, 0.29) is 0 Å². The van der Waals surface area contributed by atoms with E-state index >= 15 is 0 Å². The Hall–Kier alpha value is -0.390. The van der Waals surface area contributed by atoms with Crippen molar-refractivity contribution in [3.05, 3.63) is 0 Å². The van der Waals surface area contributed by atoms with Gasteiger partial charge in [0.15, 0.2) is 5.11 Å². The van der Waals surface area contributed by atoms with Gasteiger partial charge < -0.3 is 20.3 Å². The van der Waals surface area contributed by atoms with Crippen molar-refractivity contribution in [1.82, 2.24) is 15.5 Å². The van der Waals surface area contributed by atoms with Crippen LogP contribution >= 0.6 is 12.2 Å². The van der Waals surface area contributed by atoms with Crippen molar-refractivity contribution >= 4 is 17.3 Å². The molecule has 2 rings (SSSR count). The second-order valence-corrected chi connectivity index (χ2v) is 6.30. The van der Waals surface area contributed by atoms with E-state index in [4.69, 9.17) is 17.0 Å². The summed E-state index contributed by atoms with van der Waals surface area (Å²) in [6.07, 6.45) is 5.05. The molecule has 0 aromatic carbocycles. The number of ether oxygens (including phenoxy) is 1. The second kappa shape index (κ2) is 7.41. The summed E-state index contributed by atoms with van der Waals surface area (Å²) in [6, 6.07) is 1.19. The quantitative estimate of drug-likeness (QED) is 0.766. The van der Waals surface area contributed by atoms with E-state index in [0.29, 0.717) is 18.2 Å². The first-order valence-corrected chi connectivity index (χ1v) is 7.96. The highest BCUT2D eigenvalue weighted by molar-refractivity contribution is 7.80. The van der Waals surface area contributed by atoms with Crippen molar-refractivity contribution in [2.75, 3.05) is 26.2 Å². The maximum absolute atomic E-state index is 5.58. The third kappa shape index (κ3) is 4.89. The third-order valence-corrected chi connectivity index (χ3v) is 4.37. The topological polar surface area (TPSA) is 36.5 Å². The minimum Gasteiger partial charge on any atom is -0.376 e. The lowest BCUT2D eigenvalue weighted by molar-refractivity contribution is 0.113. The molecule has 19 heavy (non-hydrogen) atoms. The number of thiocarbonyl (C=S) groups is 1. The van der Waals surface area contributed by atoms with E-state index in [0.717, 1.165) is 24.7 Å². The first-order chi connectivity index (χ1) is 9.15. The van der Waals surface area contributed by atoms with Gasteiger partial charge >= 0.3 is 0 Å². The smallest absolute Gasteiger partial charge is 0.166 e. The Morgan fingerprint density at radius 2 is 2.05 bits per heavy atom. The van der Waals surface area contributed by atoms with Gasteiger partial charge in [0.05, 0.1) is 6.10 Å². The Balaban J connectivity index is 1.60. The fourth-order valence-electron chi connectivity index (χ4n) is 2.81. The number of nitrogens with zero attached hydrogens (tertiary/aromatic N) is 1. The van der Waals surface area contributed by atoms with Crippen molar-refractivity contribution in [2.24, 2.45) is 0 Å². The fourth-order valence-corrected chi connectivity index (χ4v) is 3.06. The molecule has 2 aliphatic rings. The highest BCUT2D eigenvalue weighted by Gasteiger charge is 2.21. The molecule has 0 aromatic heterocycles. The Morgan fingerprint density at radius 1 is 1.32 bits per heavy atom. The lowest BCUT2D eigenvalue weighted by atomic mass is 10.0. The van der Waals surface area contributed by atoms with Gasteiger partial charge in [-0.25, -0.2) is 0 Å². The van der Waals surface area contributed by atoms with E-state index in [9.17, 15) is 0 Å². The van der Waals surface area contributed by atoms with Gasteiger partial charge in [-0.2, -0.15) is 0 Å². The first kappa shape index (κ1) is 15.0.